The second-order valence-electron chi connectivity index (χ2n) is 3.76. The molecule has 2 rings (SSSR count). The van der Waals surface area contributed by atoms with Gasteiger partial charge in [-0.15, -0.1) is 10.2 Å². The largest absolute Gasteiger partial charge is 0.378 e. The molecule has 0 spiro atoms. The molecule has 98 valence electrons. The number of hydrogen-bond acceptors (Lipinski definition) is 8. The lowest BCUT2D eigenvalue weighted by Gasteiger charge is -2.05. The fraction of sp³-hybridized carbons (Fsp3) is 0.500. The van der Waals surface area contributed by atoms with Crippen LogP contribution < -0.4 is 10.2 Å². The van der Waals surface area contributed by atoms with Crippen LogP contribution in [0.5, 0.6) is 0 Å². The lowest BCUT2D eigenvalue weighted by molar-refractivity contribution is 0.182. The molecule has 0 saturated carbocycles. The minimum atomic E-state index is 0.480. The van der Waals surface area contributed by atoms with Crippen LogP contribution in [0, 0.1) is 0 Å². The zero-order chi connectivity index (χ0) is 13.1. The summed E-state index contributed by atoms with van der Waals surface area (Å²) in [6.07, 6.45) is 0. The Morgan fingerprint density at radius 3 is 2.61 bits per heavy atom. The van der Waals surface area contributed by atoms with E-state index in [1.807, 2.05) is 26.0 Å². The maximum atomic E-state index is 5.18. The van der Waals surface area contributed by atoms with Crippen molar-refractivity contribution in [1.82, 2.24) is 15.2 Å². The molecule has 6 nitrogen and oxygen atoms in total. The topological polar surface area (TPSA) is 63.2 Å². The standard InChI is InChI=1S/C10H15N5OS2/c1-11-9-14-13-8(18-9)7-6(5-16-4)12-10(17-7)15(2)3/h5H2,1-4H3,(H,11,14). The first-order chi connectivity index (χ1) is 8.65. The summed E-state index contributed by atoms with van der Waals surface area (Å²) >= 11 is 3.11. The molecule has 1 N–H and O–H groups in total. The van der Waals surface area contributed by atoms with Crippen LogP contribution in [0.25, 0.3) is 9.88 Å². The van der Waals surface area contributed by atoms with Gasteiger partial charge in [-0.25, -0.2) is 4.98 Å². The number of ether oxygens (including phenoxy) is 1. The summed E-state index contributed by atoms with van der Waals surface area (Å²) in [5, 5.41) is 13.8. The van der Waals surface area contributed by atoms with E-state index in [1.165, 1.54) is 11.3 Å². The summed E-state index contributed by atoms with van der Waals surface area (Å²) in [6.45, 7) is 0.480. The molecule has 18 heavy (non-hydrogen) atoms. The summed E-state index contributed by atoms with van der Waals surface area (Å²) in [6, 6.07) is 0. The number of aromatic nitrogens is 3. The zero-order valence-electron chi connectivity index (χ0n) is 10.7. The van der Waals surface area contributed by atoms with Gasteiger partial charge in [-0.2, -0.15) is 0 Å². The lowest BCUT2D eigenvalue weighted by atomic mass is 10.4. The average molecular weight is 285 g/mol. The molecule has 2 aromatic rings. The third-order valence-electron chi connectivity index (χ3n) is 2.18. The van der Waals surface area contributed by atoms with Gasteiger partial charge in [0.25, 0.3) is 0 Å². The molecule has 0 atom stereocenters. The molecule has 0 aliphatic carbocycles. The Balaban J connectivity index is 2.40. The maximum absolute atomic E-state index is 5.18. The van der Waals surface area contributed by atoms with Crippen molar-refractivity contribution in [3.05, 3.63) is 5.69 Å². The van der Waals surface area contributed by atoms with Gasteiger partial charge in [0, 0.05) is 28.3 Å². The number of nitrogens with zero attached hydrogens (tertiary/aromatic N) is 4. The van der Waals surface area contributed by atoms with Gasteiger partial charge in [-0.1, -0.05) is 22.7 Å². The van der Waals surface area contributed by atoms with Crippen molar-refractivity contribution < 1.29 is 4.74 Å². The Kier molecular flexibility index (Phi) is 4.10. The Labute approximate surface area is 114 Å². The van der Waals surface area contributed by atoms with E-state index in [0.717, 1.165) is 25.8 Å². The molecule has 0 fully saturated rings. The van der Waals surface area contributed by atoms with Crippen molar-refractivity contribution in [3.8, 4) is 9.88 Å². The van der Waals surface area contributed by atoms with Crippen LogP contribution in [0.2, 0.25) is 0 Å². The predicted molar refractivity (Wildman–Crippen MR) is 75.6 cm³/mol. The highest BCUT2D eigenvalue weighted by molar-refractivity contribution is 7.25. The second kappa shape index (κ2) is 5.59. The number of thiazole rings is 1. The highest BCUT2D eigenvalue weighted by Gasteiger charge is 2.17. The normalized spacial score (nSPS) is 10.7. The van der Waals surface area contributed by atoms with Crippen molar-refractivity contribution in [2.45, 2.75) is 6.61 Å². The van der Waals surface area contributed by atoms with Crippen molar-refractivity contribution in [2.24, 2.45) is 0 Å². The van der Waals surface area contributed by atoms with Gasteiger partial charge >= 0.3 is 0 Å². The Bertz CT molecular complexity index is 522. The molecule has 8 heteroatoms. The van der Waals surface area contributed by atoms with E-state index in [9.17, 15) is 0 Å². The van der Waals surface area contributed by atoms with Crippen molar-refractivity contribution >= 4 is 32.9 Å². The minimum Gasteiger partial charge on any atom is -0.378 e. The fourth-order valence-corrected chi connectivity index (χ4v) is 3.13. The number of nitrogens with one attached hydrogen (secondary N) is 1. The SMILES string of the molecule is CNc1nnc(-c2sc(N(C)C)nc2COC)s1. The monoisotopic (exact) mass is 285 g/mol. The van der Waals surface area contributed by atoms with Gasteiger partial charge in [0.2, 0.25) is 5.13 Å². The summed E-state index contributed by atoms with van der Waals surface area (Å²) in [5.41, 5.74) is 0.907. The van der Waals surface area contributed by atoms with Gasteiger partial charge in [0.15, 0.2) is 10.1 Å². The third-order valence-corrected chi connectivity index (χ3v) is 4.54. The van der Waals surface area contributed by atoms with E-state index < -0.39 is 0 Å². The van der Waals surface area contributed by atoms with Gasteiger partial charge in [-0.3, -0.25) is 0 Å². The summed E-state index contributed by atoms with van der Waals surface area (Å²) < 4.78 is 5.18. The van der Waals surface area contributed by atoms with Gasteiger partial charge in [0.1, 0.15) is 0 Å². The van der Waals surface area contributed by atoms with E-state index in [0.29, 0.717) is 6.61 Å². The first kappa shape index (κ1) is 13.2. The van der Waals surface area contributed by atoms with Crippen molar-refractivity contribution in [1.29, 1.82) is 0 Å². The first-order valence-corrected chi connectivity index (χ1v) is 6.96. The fourth-order valence-electron chi connectivity index (χ4n) is 1.35. The Morgan fingerprint density at radius 1 is 1.28 bits per heavy atom. The Morgan fingerprint density at radius 2 is 2.06 bits per heavy atom. The van der Waals surface area contributed by atoms with Gasteiger partial charge in [-0.05, 0) is 0 Å². The maximum Gasteiger partial charge on any atom is 0.205 e. The second-order valence-corrected chi connectivity index (χ2v) is 5.72. The Hall–Kier alpha value is -1.25. The molecule has 0 aliphatic heterocycles. The summed E-state index contributed by atoms with van der Waals surface area (Å²) in [7, 11) is 7.44. The van der Waals surface area contributed by atoms with Crippen LogP contribution in [0.15, 0.2) is 0 Å². The quantitative estimate of drug-likeness (QED) is 0.905. The van der Waals surface area contributed by atoms with Crippen LogP contribution in [0.1, 0.15) is 5.69 Å². The highest BCUT2D eigenvalue weighted by atomic mass is 32.1. The molecule has 0 radical (unpaired) electrons. The average Bonchev–Trinajstić information content (AvgIpc) is 2.94. The summed E-state index contributed by atoms with van der Waals surface area (Å²) in [4.78, 5) is 7.56. The summed E-state index contributed by atoms with van der Waals surface area (Å²) in [5.74, 6) is 0. The van der Waals surface area contributed by atoms with Gasteiger partial charge < -0.3 is 15.0 Å². The molecule has 0 aliphatic rings. The van der Waals surface area contributed by atoms with Crippen LogP contribution in [0.3, 0.4) is 0 Å². The molecule has 2 heterocycles. The van der Waals surface area contributed by atoms with E-state index >= 15 is 0 Å². The molecule has 0 amide bonds. The molecular formula is C10H15N5OS2. The molecular weight excluding hydrogens is 270 g/mol. The van der Waals surface area contributed by atoms with E-state index in [2.05, 4.69) is 20.5 Å². The van der Waals surface area contributed by atoms with Crippen LogP contribution in [0.4, 0.5) is 10.3 Å². The molecule has 0 bridgehead atoms. The smallest absolute Gasteiger partial charge is 0.205 e. The van der Waals surface area contributed by atoms with Crippen molar-refractivity contribution in [3.63, 3.8) is 0 Å². The number of hydrogen-bond donors (Lipinski definition) is 1. The molecule has 0 aromatic carbocycles. The van der Waals surface area contributed by atoms with E-state index in [-0.39, 0.29) is 0 Å². The highest BCUT2D eigenvalue weighted by Crippen LogP contribution is 2.37. The van der Waals surface area contributed by atoms with E-state index in [4.69, 9.17) is 4.74 Å². The van der Waals surface area contributed by atoms with E-state index in [1.54, 1.807) is 18.4 Å². The third kappa shape index (κ3) is 2.60. The van der Waals surface area contributed by atoms with Crippen LogP contribution in [-0.2, 0) is 11.3 Å². The molecule has 0 unspecified atom stereocenters. The first-order valence-electron chi connectivity index (χ1n) is 5.33. The van der Waals surface area contributed by atoms with Crippen LogP contribution >= 0.6 is 22.7 Å². The van der Waals surface area contributed by atoms with Gasteiger partial charge in [0.05, 0.1) is 17.2 Å². The van der Waals surface area contributed by atoms with Crippen LogP contribution in [-0.4, -0.2) is 43.4 Å². The number of rotatable bonds is 5. The number of anilines is 2. The molecule has 2 aromatic heterocycles. The number of methoxy groups -OCH3 is 1. The molecule has 0 saturated heterocycles. The van der Waals surface area contributed by atoms with Crippen molar-refractivity contribution in [2.75, 3.05) is 38.5 Å². The zero-order valence-corrected chi connectivity index (χ0v) is 12.4. The lowest BCUT2D eigenvalue weighted by Crippen LogP contribution is -2.08. The minimum absolute atomic E-state index is 0.480. The predicted octanol–water partition coefficient (Wildman–Crippen LogP) is 1.92.